The number of hydrogen-bond donors (Lipinski definition) is 4. The molecule has 0 radical (unpaired) electrons. The molecule has 4 N–H and O–H groups in total. The van der Waals surface area contributed by atoms with Crippen molar-refractivity contribution in [2.24, 2.45) is 5.92 Å². The van der Waals surface area contributed by atoms with Gasteiger partial charge in [-0.2, -0.15) is 14.0 Å². The van der Waals surface area contributed by atoms with Crippen LogP contribution in [0.25, 0.3) is 10.1 Å². The van der Waals surface area contributed by atoms with Gasteiger partial charge in [-0.3, -0.25) is 18.9 Å². The van der Waals surface area contributed by atoms with E-state index in [1.54, 1.807) is 16.7 Å². The van der Waals surface area contributed by atoms with Gasteiger partial charge in [0.05, 0.1) is 22.5 Å². The van der Waals surface area contributed by atoms with Gasteiger partial charge >= 0.3 is 13.3 Å². The molecular formula is C34H37F2N4O7PS. The highest BCUT2D eigenvalue weighted by molar-refractivity contribution is 7.52. The third kappa shape index (κ3) is 6.51. The molecule has 0 unspecified atom stereocenters. The molecule has 3 aliphatic rings. The van der Waals surface area contributed by atoms with Crippen LogP contribution in [0.2, 0.25) is 0 Å². The SMILES string of the molecule is C[C@@]1(O)CC[C@@]2(C)CC[C@@H](C(=O)N3C[C@H](c4ccccc4)[C@@H](C#N)C3)N2C(=O)[C@@H](NC(=O)c2cc3cc(C(F)(F)P(=O)(O)O)ccc3s2)C1. The molecule has 3 aromatic rings. The van der Waals surface area contributed by atoms with E-state index in [4.69, 9.17) is 9.79 Å². The minimum absolute atomic E-state index is 0.0597. The summed E-state index contributed by atoms with van der Waals surface area (Å²) >= 11 is 0.947. The van der Waals surface area contributed by atoms with Crippen LogP contribution in [0.1, 0.15) is 72.7 Å². The van der Waals surface area contributed by atoms with Gasteiger partial charge in [-0.15, -0.1) is 11.3 Å². The monoisotopic (exact) mass is 714 g/mol. The number of carbonyl (C=O) groups excluding carboxylic acids is 3. The lowest BCUT2D eigenvalue weighted by atomic mass is 9.81. The predicted molar refractivity (Wildman–Crippen MR) is 177 cm³/mol. The third-order valence-electron chi connectivity index (χ3n) is 10.3. The van der Waals surface area contributed by atoms with Gasteiger partial charge in [0, 0.05) is 41.2 Å². The number of carbonyl (C=O) groups is 3. The highest BCUT2D eigenvalue weighted by Gasteiger charge is 2.54. The van der Waals surface area contributed by atoms with Gasteiger partial charge in [0.2, 0.25) is 11.8 Å². The Kier molecular flexibility index (Phi) is 8.99. The fourth-order valence-electron chi connectivity index (χ4n) is 7.52. The molecule has 3 amide bonds. The van der Waals surface area contributed by atoms with Crippen LogP contribution in [-0.4, -0.2) is 78.7 Å². The van der Waals surface area contributed by atoms with Gasteiger partial charge in [-0.05, 0) is 68.7 Å². The number of nitriles is 1. The predicted octanol–water partition coefficient (Wildman–Crippen LogP) is 4.68. The van der Waals surface area contributed by atoms with E-state index in [9.17, 15) is 38.1 Å². The van der Waals surface area contributed by atoms with Crippen molar-refractivity contribution < 1.29 is 42.6 Å². The summed E-state index contributed by atoms with van der Waals surface area (Å²) in [6.07, 6.45) is 1.48. The molecule has 15 heteroatoms. The first kappa shape index (κ1) is 35.1. The minimum Gasteiger partial charge on any atom is -0.390 e. The van der Waals surface area contributed by atoms with Gasteiger partial charge < -0.3 is 30.0 Å². The second kappa shape index (κ2) is 12.5. The number of aliphatic hydroxyl groups is 1. The summed E-state index contributed by atoms with van der Waals surface area (Å²) in [6, 6.07) is 14.2. The number of hydrogen-bond acceptors (Lipinski definition) is 7. The van der Waals surface area contributed by atoms with Crippen molar-refractivity contribution in [3.05, 3.63) is 70.6 Å². The normalized spacial score (nSPS) is 29.3. The molecule has 11 nitrogen and oxygen atoms in total. The first-order chi connectivity index (χ1) is 22.9. The zero-order valence-electron chi connectivity index (χ0n) is 26.9. The van der Waals surface area contributed by atoms with E-state index < -0.39 is 59.8 Å². The molecule has 3 fully saturated rings. The summed E-state index contributed by atoms with van der Waals surface area (Å²) < 4.78 is 40.5. The standard InChI is InChI=1S/C34H37F2N4O7PS/c1-32-11-10-26(31(43)39-18-22(17-37)24(19-39)20-6-4-3-5-7-20)40(32)30(42)25(16-33(2,44)13-12-32)38-29(41)28-15-21-14-23(8-9-27(21)49-28)34(35,36)48(45,46)47/h3-9,14-15,22,24-26,44H,10-13,16,18-19H2,1-2H3,(H,38,41)(H2,45,46,47)/t22-,24+,25-,26-,32+,33+/m0/s1. The highest BCUT2D eigenvalue weighted by Crippen LogP contribution is 2.59. The van der Waals surface area contributed by atoms with Crippen LogP contribution >= 0.6 is 18.9 Å². The number of rotatable bonds is 6. The molecule has 1 aromatic heterocycles. The van der Waals surface area contributed by atoms with E-state index in [1.165, 1.54) is 12.1 Å². The van der Waals surface area contributed by atoms with Crippen molar-refractivity contribution in [2.75, 3.05) is 13.1 Å². The summed E-state index contributed by atoms with van der Waals surface area (Å²) in [7, 11) is -5.80. The van der Waals surface area contributed by atoms with Gasteiger partial charge in [0.1, 0.15) is 12.1 Å². The number of halogens is 2. The molecule has 3 saturated heterocycles. The van der Waals surface area contributed by atoms with E-state index >= 15 is 0 Å². The Hall–Kier alpha value is -3.73. The van der Waals surface area contributed by atoms with Gasteiger partial charge in [0.25, 0.3) is 5.91 Å². The van der Waals surface area contributed by atoms with Crippen molar-refractivity contribution in [2.45, 2.75) is 80.8 Å². The molecule has 3 aliphatic heterocycles. The minimum atomic E-state index is -5.80. The molecule has 49 heavy (non-hydrogen) atoms. The van der Waals surface area contributed by atoms with Gasteiger partial charge in [0.15, 0.2) is 0 Å². The topological polar surface area (TPSA) is 171 Å². The number of nitrogens with zero attached hydrogens (tertiary/aromatic N) is 3. The lowest BCUT2D eigenvalue weighted by Gasteiger charge is -2.45. The molecule has 6 atom stereocenters. The second-order valence-electron chi connectivity index (χ2n) is 13.9. The van der Waals surface area contributed by atoms with E-state index in [0.29, 0.717) is 36.9 Å². The molecule has 2 aromatic carbocycles. The Morgan fingerprint density at radius 3 is 2.47 bits per heavy atom. The summed E-state index contributed by atoms with van der Waals surface area (Å²) in [5.41, 5.74) is -6.48. The van der Waals surface area contributed by atoms with E-state index in [-0.39, 0.29) is 35.1 Å². The smallest absolute Gasteiger partial charge is 0.390 e. The number of nitrogens with one attached hydrogen (secondary N) is 1. The Morgan fingerprint density at radius 1 is 1.08 bits per heavy atom. The average molecular weight is 715 g/mol. The molecular weight excluding hydrogens is 677 g/mol. The number of benzene rings is 2. The van der Waals surface area contributed by atoms with Crippen LogP contribution in [0.5, 0.6) is 0 Å². The molecule has 260 valence electrons. The summed E-state index contributed by atoms with van der Waals surface area (Å²) in [5, 5.41) is 24.0. The Labute approximate surface area is 285 Å². The fourth-order valence-corrected chi connectivity index (χ4v) is 8.95. The molecule has 4 heterocycles. The Bertz CT molecular complexity index is 1890. The number of likely N-dealkylation sites (tertiary alicyclic amines) is 1. The Morgan fingerprint density at radius 2 is 1.80 bits per heavy atom. The lowest BCUT2D eigenvalue weighted by molar-refractivity contribution is -0.152. The van der Waals surface area contributed by atoms with Crippen LogP contribution in [-0.2, 0) is 19.8 Å². The highest BCUT2D eigenvalue weighted by atomic mass is 32.1. The van der Waals surface area contributed by atoms with E-state index in [0.717, 1.165) is 29.0 Å². The third-order valence-corrected chi connectivity index (χ3v) is 12.4. The largest absolute Gasteiger partial charge is 0.399 e. The first-order valence-corrected chi connectivity index (χ1v) is 18.4. The van der Waals surface area contributed by atoms with Crippen LogP contribution in [0.4, 0.5) is 8.78 Å². The number of amides is 3. The summed E-state index contributed by atoms with van der Waals surface area (Å²) in [4.78, 5) is 63.7. The molecule has 0 spiro atoms. The molecule has 0 bridgehead atoms. The van der Waals surface area contributed by atoms with Crippen molar-refractivity contribution in [3.63, 3.8) is 0 Å². The van der Waals surface area contributed by atoms with Crippen LogP contribution < -0.4 is 5.32 Å². The van der Waals surface area contributed by atoms with Gasteiger partial charge in [-0.25, -0.2) is 0 Å². The maximum atomic E-state index is 14.4. The lowest BCUT2D eigenvalue weighted by Crippen LogP contribution is -2.62. The second-order valence-corrected chi connectivity index (χ2v) is 16.7. The fraction of sp³-hybridized carbons (Fsp3) is 0.471. The molecule has 0 saturated carbocycles. The number of thiophene rings is 1. The van der Waals surface area contributed by atoms with Crippen LogP contribution in [0.15, 0.2) is 54.6 Å². The van der Waals surface area contributed by atoms with Crippen molar-refractivity contribution >= 4 is 46.7 Å². The first-order valence-electron chi connectivity index (χ1n) is 16.0. The number of fused-ring (bicyclic) bond motifs is 2. The van der Waals surface area contributed by atoms with Gasteiger partial charge in [-0.1, -0.05) is 36.4 Å². The zero-order chi connectivity index (χ0) is 35.5. The molecule has 0 aliphatic carbocycles. The van der Waals surface area contributed by atoms with Crippen molar-refractivity contribution in [1.82, 2.24) is 15.1 Å². The quantitative estimate of drug-likeness (QED) is 0.267. The van der Waals surface area contributed by atoms with E-state index in [1.807, 2.05) is 37.3 Å². The molecule has 6 rings (SSSR count). The van der Waals surface area contributed by atoms with Crippen LogP contribution in [0.3, 0.4) is 0 Å². The average Bonchev–Trinajstić information content (AvgIpc) is 3.77. The summed E-state index contributed by atoms with van der Waals surface area (Å²) in [6.45, 7) is 4.03. The van der Waals surface area contributed by atoms with E-state index in [2.05, 4.69) is 11.4 Å². The zero-order valence-corrected chi connectivity index (χ0v) is 28.6. The van der Waals surface area contributed by atoms with Crippen molar-refractivity contribution in [1.29, 1.82) is 5.26 Å². The maximum absolute atomic E-state index is 14.4. The van der Waals surface area contributed by atoms with Crippen molar-refractivity contribution in [3.8, 4) is 6.07 Å². The number of alkyl halides is 2. The summed E-state index contributed by atoms with van der Waals surface area (Å²) in [5.74, 6) is -2.07. The van der Waals surface area contributed by atoms with Crippen LogP contribution in [0, 0.1) is 17.2 Å². The maximum Gasteiger partial charge on any atom is 0.399 e. The Balaban J connectivity index is 1.25.